The Bertz CT molecular complexity index is 645. The van der Waals surface area contributed by atoms with Gasteiger partial charge in [0.15, 0.2) is 5.96 Å². The van der Waals surface area contributed by atoms with Crippen LogP contribution in [0.3, 0.4) is 0 Å². The molecule has 0 spiro atoms. The molecule has 0 aromatic carbocycles. The number of nitrogens with zero attached hydrogens (tertiary/aromatic N) is 2. The van der Waals surface area contributed by atoms with Gasteiger partial charge in [-0.05, 0) is 32.6 Å². The number of sulfonamides is 1. The molecule has 1 aliphatic rings. The SMILES string of the molecule is CN=C(NCCS(=O)(=O)NCC1CCC1)NCc1nc(C)c(C)o1. The molecule has 9 heteroatoms. The number of hydrogen-bond donors (Lipinski definition) is 3. The zero-order valence-corrected chi connectivity index (χ0v) is 15.4. The molecule has 0 atom stereocenters. The van der Waals surface area contributed by atoms with Gasteiger partial charge in [-0.3, -0.25) is 4.99 Å². The standard InChI is InChI=1S/C15H27N5O3S/c1-11-12(2)23-14(20-11)10-18-15(16-3)17-7-8-24(21,22)19-9-13-5-4-6-13/h13,19H,4-10H2,1-3H3,(H2,16,17,18). The van der Waals surface area contributed by atoms with E-state index in [0.29, 0.717) is 30.9 Å². The quantitative estimate of drug-likeness (QED) is 0.466. The summed E-state index contributed by atoms with van der Waals surface area (Å²) in [5.41, 5.74) is 0.860. The van der Waals surface area contributed by atoms with Gasteiger partial charge < -0.3 is 15.1 Å². The summed E-state index contributed by atoms with van der Waals surface area (Å²) in [7, 11) is -1.62. The van der Waals surface area contributed by atoms with Crippen molar-refractivity contribution in [2.45, 2.75) is 39.7 Å². The van der Waals surface area contributed by atoms with Crippen molar-refractivity contribution in [3.8, 4) is 0 Å². The molecule has 0 unspecified atom stereocenters. The maximum atomic E-state index is 11.9. The van der Waals surface area contributed by atoms with Crippen LogP contribution in [-0.4, -0.2) is 45.3 Å². The molecule has 1 aliphatic carbocycles. The normalized spacial score (nSPS) is 16.0. The Morgan fingerprint density at radius 2 is 2.08 bits per heavy atom. The monoisotopic (exact) mass is 357 g/mol. The van der Waals surface area contributed by atoms with E-state index in [1.54, 1.807) is 7.05 Å². The molecule has 1 saturated carbocycles. The topological polar surface area (TPSA) is 109 Å². The van der Waals surface area contributed by atoms with Gasteiger partial charge in [0, 0.05) is 20.1 Å². The van der Waals surface area contributed by atoms with Crippen LogP contribution in [0.1, 0.15) is 36.6 Å². The summed E-state index contributed by atoms with van der Waals surface area (Å²) in [5.74, 6) is 2.39. The Morgan fingerprint density at radius 3 is 2.62 bits per heavy atom. The first-order valence-corrected chi connectivity index (χ1v) is 9.89. The lowest BCUT2D eigenvalue weighted by Crippen LogP contribution is -2.41. The molecule has 0 saturated heterocycles. The highest BCUT2D eigenvalue weighted by molar-refractivity contribution is 7.89. The third-order valence-corrected chi connectivity index (χ3v) is 5.53. The van der Waals surface area contributed by atoms with Crippen LogP contribution in [-0.2, 0) is 16.6 Å². The Hall–Kier alpha value is -1.61. The lowest BCUT2D eigenvalue weighted by Gasteiger charge is -2.25. The van der Waals surface area contributed by atoms with Crippen LogP contribution in [0.25, 0.3) is 0 Å². The number of hydrogen-bond acceptors (Lipinski definition) is 5. The van der Waals surface area contributed by atoms with Gasteiger partial charge in [0.05, 0.1) is 18.0 Å². The van der Waals surface area contributed by atoms with Crippen molar-refractivity contribution in [1.82, 2.24) is 20.3 Å². The van der Waals surface area contributed by atoms with Crippen LogP contribution >= 0.6 is 0 Å². The molecule has 1 heterocycles. The van der Waals surface area contributed by atoms with Crippen molar-refractivity contribution in [2.24, 2.45) is 10.9 Å². The Balaban J connectivity index is 1.68. The number of aliphatic imine (C=N–C) groups is 1. The van der Waals surface area contributed by atoms with Gasteiger partial charge >= 0.3 is 0 Å². The molecule has 0 aliphatic heterocycles. The molecule has 136 valence electrons. The summed E-state index contributed by atoms with van der Waals surface area (Å²) < 4.78 is 32.0. The molecule has 3 N–H and O–H groups in total. The lowest BCUT2D eigenvalue weighted by molar-refractivity contribution is 0.316. The maximum Gasteiger partial charge on any atom is 0.214 e. The van der Waals surface area contributed by atoms with E-state index in [9.17, 15) is 8.42 Å². The zero-order chi connectivity index (χ0) is 17.6. The van der Waals surface area contributed by atoms with E-state index in [2.05, 4.69) is 25.3 Å². The van der Waals surface area contributed by atoms with E-state index in [4.69, 9.17) is 4.42 Å². The molecular weight excluding hydrogens is 330 g/mol. The number of aryl methyl sites for hydroxylation is 2. The van der Waals surface area contributed by atoms with Crippen molar-refractivity contribution in [3.05, 3.63) is 17.3 Å². The third-order valence-electron chi connectivity index (χ3n) is 4.18. The van der Waals surface area contributed by atoms with E-state index >= 15 is 0 Å². The van der Waals surface area contributed by atoms with Gasteiger partial charge in [-0.15, -0.1) is 0 Å². The predicted molar refractivity (Wildman–Crippen MR) is 93.3 cm³/mol. The van der Waals surface area contributed by atoms with Gasteiger partial charge in [-0.25, -0.2) is 18.1 Å². The van der Waals surface area contributed by atoms with Gasteiger partial charge in [-0.1, -0.05) is 6.42 Å². The number of oxazole rings is 1. The fraction of sp³-hybridized carbons (Fsp3) is 0.733. The lowest BCUT2D eigenvalue weighted by atomic mass is 9.86. The molecule has 8 nitrogen and oxygen atoms in total. The first-order chi connectivity index (χ1) is 11.4. The smallest absolute Gasteiger partial charge is 0.214 e. The minimum absolute atomic E-state index is 0.0115. The molecule has 1 aromatic heterocycles. The second-order valence-electron chi connectivity index (χ2n) is 6.07. The van der Waals surface area contributed by atoms with Crippen LogP contribution < -0.4 is 15.4 Å². The van der Waals surface area contributed by atoms with Crippen molar-refractivity contribution < 1.29 is 12.8 Å². The number of rotatable bonds is 8. The van der Waals surface area contributed by atoms with E-state index in [1.165, 1.54) is 6.42 Å². The minimum Gasteiger partial charge on any atom is -0.444 e. The Morgan fingerprint density at radius 1 is 1.33 bits per heavy atom. The van der Waals surface area contributed by atoms with Gasteiger partial charge in [0.1, 0.15) is 5.76 Å². The molecular formula is C15H27N5O3S. The molecule has 1 aromatic rings. The molecule has 0 bridgehead atoms. The summed E-state index contributed by atoms with van der Waals surface area (Å²) in [4.78, 5) is 8.33. The largest absolute Gasteiger partial charge is 0.444 e. The highest BCUT2D eigenvalue weighted by Crippen LogP contribution is 2.25. The van der Waals surface area contributed by atoms with Crippen LogP contribution in [0.5, 0.6) is 0 Å². The fourth-order valence-electron chi connectivity index (χ4n) is 2.31. The number of guanidine groups is 1. The Labute approximate surface area is 143 Å². The fourth-order valence-corrected chi connectivity index (χ4v) is 3.32. The summed E-state index contributed by atoms with van der Waals surface area (Å²) in [6.07, 6.45) is 3.45. The van der Waals surface area contributed by atoms with Gasteiger partial charge in [0.2, 0.25) is 15.9 Å². The van der Waals surface area contributed by atoms with Crippen molar-refractivity contribution in [1.29, 1.82) is 0 Å². The number of aromatic nitrogens is 1. The average molecular weight is 357 g/mol. The second kappa shape index (κ2) is 8.48. The average Bonchev–Trinajstić information content (AvgIpc) is 2.79. The van der Waals surface area contributed by atoms with Crippen molar-refractivity contribution in [3.63, 3.8) is 0 Å². The minimum atomic E-state index is -3.25. The number of nitrogens with one attached hydrogen (secondary N) is 3. The van der Waals surface area contributed by atoms with Gasteiger partial charge in [0.25, 0.3) is 0 Å². The first-order valence-electron chi connectivity index (χ1n) is 8.24. The summed E-state index contributed by atoms with van der Waals surface area (Å²) in [6, 6.07) is 0. The molecule has 1 fully saturated rings. The van der Waals surface area contributed by atoms with E-state index in [1.807, 2.05) is 13.8 Å². The molecule has 0 radical (unpaired) electrons. The van der Waals surface area contributed by atoms with E-state index in [0.717, 1.165) is 24.3 Å². The first kappa shape index (κ1) is 18.7. The highest BCUT2D eigenvalue weighted by atomic mass is 32.2. The van der Waals surface area contributed by atoms with Crippen LogP contribution in [0.4, 0.5) is 0 Å². The summed E-state index contributed by atoms with van der Waals surface area (Å²) in [5, 5.41) is 6.03. The summed E-state index contributed by atoms with van der Waals surface area (Å²) >= 11 is 0. The second-order valence-corrected chi connectivity index (χ2v) is 7.99. The van der Waals surface area contributed by atoms with Gasteiger partial charge in [-0.2, -0.15) is 0 Å². The Kier molecular flexibility index (Phi) is 6.61. The maximum absolute atomic E-state index is 11.9. The zero-order valence-electron chi connectivity index (χ0n) is 14.6. The summed E-state index contributed by atoms with van der Waals surface area (Å²) in [6.45, 7) is 4.97. The van der Waals surface area contributed by atoms with Crippen LogP contribution in [0.15, 0.2) is 9.41 Å². The molecule has 0 amide bonds. The highest BCUT2D eigenvalue weighted by Gasteiger charge is 2.20. The predicted octanol–water partition coefficient (Wildman–Crippen LogP) is 0.676. The van der Waals surface area contributed by atoms with Crippen LogP contribution in [0.2, 0.25) is 0 Å². The molecule has 24 heavy (non-hydrogen) atoms. The van der Waals surface area contributed by atoms with Crippen molar-refractivity contribution in [2.75, 3.05) is 25.9 Å². The molecule has 2 rings (SSSR count). The third kappa shape index (κ3) is 5.79. The van der Waals surface area contributed by atoms with Crippen LogP contribution in [0, 0.1) is 19.8 Å². The van der Waals surface area contributed by atoms with Crippen molar-refractivity contribution >= 4 is 16.0 Å². The van der Waals surface area contributed by atoms with E-state index in [-0.39, 0.29) is 12.3 Å². The van der Waals surface area contributed by atoms with E-state index < -0.39 is 10.0 Å².